The van der Waals surface area contributed by atoms with E-state index in [0.717, 1.165) is 6.61 Å². The van der Waals surface area contributed by atoms with Crippen LogP contribution in [0.25, 0.3) is 0 Å². The second-order valence-corrected chi connectivity index (χ2v) is 5.93. The SMILES string of the molecule is CCCCCCCC/C=C\CCCCCC(C)OCC. The van der Waals surface area contributed by atoms with Gasteiger partial charge in [0.2, 0.25) is 0 Å². The van der Waals surface area contributed by atoms with Crippen LogP contribution in [0.2, 0.25) is 0 Å². The molecule has 0 aromatic heterocycles. The standard InChI is InChI=1S/C19H38O/c1-4-6-7-8-9-10-11-12-13-14-15-16-17-18-19(3)20-5-2/h12-13,19H,4-11,14-18H2,1-3H3/b13-12-. The highest BCUT2D eigenvalue weighted by Gasteiger charge is 1.99. The van der Waals surface area contributed by atoms with Crippen molar-refractivity contribution >= 4 is 0 Å². The normalized spacial score (nSPS) is 13.2. The van der Waals surface area contributed by atoms with Gasteiger partial charge in [-0.15, -0.1) is 0 Å². The van der Waals surface area contributed by atoms with Crippen molar-refractivity contribution in [3.63, 3.8) is 0 Å². The van der Waals surface area contributed by atoms with Crippen LogP contribution in [0.15, 0.2) is 12.2 Å². The molecule has 0 rings (SSSR count). The lowest BCUT2D eigenvalue weighted by molar-refractivity contribution is 0.0684. The Bertz CT molecular complexity index is 198. The largest absolute Gasteiger partial charge is 0.379 e. The molecular weight excluding hydrogens is 244 g/mol. The predicted molar refractivity (Wildman–Crippen MR) is 91.3 cm³/mol. The van der Waals surface area contributed by atoms with Crippen molar-refractivity contribution in [1.29, 1.82) is 0 Å². The average Bonchev–Trinajstić information content (AvgIpc) is 2.44. The molecule has 0 saturated heterocycles. The molecule has 0 aromatic rings. The van der Waals surface area contributed by atoms with E-state index < -0.39 is 0 Å². The molecule has 0 aliphatic carbocycles. The van der Waals surface area contributed by atoms with Gasteiger partial charge < -0.3 is 4.74 Å². The van der Waals surface area contributed by atoms with Gasteiger partial charge in [0.1, 0.15) is 0 Å². The van der Waals surface area contributed by atoms with Crippen molar-refractivity contribution in [2.24, 2.45) is 0 Å². The van der Waals surface area contributed by atoms with Gasteiger partial charge in [-0.3, -0.25) is 0 Å². The highest BCUT2D eigenvalue weighted by atomic mass is 16.5. The first-order chi connectivity index (χ1) is 9.81. The smallest absolute Gasteiger partial charge is 0.0546 e. The Morgan fingerprint density at radius 3 is 1.90 bits per heavy atom. The van der Waals surface area contributed by atoms with Crippen molar-refractivity contribution in [2.75, 3.05) is 6.61 Å². The molecule has 0 N–H and O–H groups in total. The minimum absolute atomic E-state index is 0.447. The molecule has 0 fully saturated rings. The maximum absolute atomic E-state index is 5.53. The van der Waals surface area contributed by atoms with Crippen LogP contribution >= 0.6 is 0 Å². The zero-order chi connectivity index (χ0) is 14.9. The summed E-state index contributed by atoms with van der Waals surface area (Å²) >= 11 is 0. The van der Waals surface area contributed by atoms with Gasteiger partial charge in [-0.2, -0.15) is 0 Å². The molecule has 0 saturated carbocycles. The second kappa shape index (κ2) is 16.8. The van der Waals surface area contributed by atoms with Crippen LogP contribution < -0.4 is 0 Å². The number of hydrogen-bond donors (Lipinski definition) is 0. The molecule has 0 aliphatic rings. The summed E-state index contributed by atoms with van der Waals surface area (Å²) < 4.78 is 5.53. The molecule has 20 heavy (non-hydrogen) atoms. The van der Waals surface area contributed by atoms with Crippen LogP contribution in [0.1, 0.15) is 97.8 Å². The summed E-state index contributed by atoms with van der Waals surface area (Å²) in [5.41, 5.74) is 0. The summed E-state index contributed by atoms with van der Waals surface area (Å²) in [6.07, 6.45) is 21.4. The molecule has 0 spiro atoms. The molecule has 1 nitrogen and oxygen atoms in total. The van der Waals surface area contributed by atoms with Gasteiger partial charge >= 0.3 is 0 Å². The lowest BCUT2D eigenvalue weighted by atomic mass is 10.1. The van der Waals surface area contributed by atoms with Crippen LogP contribution in [0.4, 0.5) is 0 Å². The summed E-state index contributed by atoms with van der Waals surface area (Å²) in [6, 6.07) is 0. The van der Waals surface area contributed by atoms with Gasteiger partial charge in [0, 0.05) is 6.61 Å². The average molecular weight is 283 g/mol. The fraction of sp³-hybridized carbons (Fsp3) is 0.895. The first-order valence-corrected chi connectivity index (χ1v) is 9.07. The van der Waals surface area contributed by atoms with Gasteiger partial charge in [0.25, 0.3) is 0 Å². The first-order valence-electron chi connectivity index (χ1n) is 9.07. The molecule has 0 radical (unpaired) electrons. The van der Waals surface area contributed by atoms with E-state index in [1.165, 1.54) is 77.0 Å². The summed E-state index contributed by atoms with van der Waals surface area (Å²) in [4.78, 5) is 0. The number of rotatable bonds is 15. The van der Waals surface area contributed by atoms with Gasteiger partial charge in [-0.05, 0) is 46.0 Å². The second-order valence-electron chi connectivity index (χ2n) is 5.93. The van der Waals surface area contributed by atoms with Gasteiger partial charge in [-0.1, -0.05) is 64.0 Å². The Balaban J connectivity index is 3.12. The third kappa shape index (κ3) is 15.8. The highest BCUT2D eigenvalue weighted by molar-refractivity contribution is 4.81. The summed E-state index contributed by atoms with van der Waals surface area (Å²) in [5, 5.41) is 0. The molecular formula is C19H38O. The number of ether oxygens (including phenoxy) is 1. The van der Waals surface area contributed by atoms with Crippen molar-refractivity contribution in [3.05, 3.63) is 12.2 Å². The van der Waals surface area contributed by atoms with E-state index in [4.69, 9.17) is 4.74 Å². The molecule has 0 amide bonds. The quantitative estimate of drug-likeness (QED) is 0.241. The number of unbranched alkanes of at least 4 members (excludes halogenated alkanes) is 9. The Morgan fingerprint density at radius 1 is 0.750 bits per heavy atom. The third-order valence-corrected chi connectivity index (χ3v) is 3.82. The predicted octanol–water partition coefficient (Wildman–Crippen LogP) is 6.67. The van der Waals surface area contributed by atoms with Crippen molar-refractivity contribution < 1.29 is 4.74 Å². The molecule has 0 aliphatic heterocycles. The third-order valence-electron chi connectivity index (χ3n) is 3.82. The molecule has 0 aromatic carbocycles. The Labute approximate surface area is 128 Å². The Kier molecular flexibility index (Phi) is 16.5. The molecule has 1 unspecified atom stereocenters. The maximum Gasteiger partial charge on any atom is 0.0546 e. The maximum atomic E-state index is 5.53. The summed E-state index contributed by atoms with van der Waals surface area (Å²) in [6.45, 7) is 7.39. The number of allylic oxidation sites excluding steroid dienone is 2. The van der Waals surface area contributed by atoms with Crippen LogP contribution in [0, 0.1) is 0 Å². The number of hydrogen-bond acceptors (Lipinski definition) is 1. The van der Waals surface area contributed by atoms with E-state index in [0.29, 0.717) is 6.10 Å². The topological polar surface area (TPSA) is 9.23 Å². The first kappa shape index (κ1) is 19.7. The van der Waals surface area contributed by atoms with E-state index in [9.17, 15) is 0 Å². The lowest BCUT2D eigenvalue weighted by Crippen LogP contribution is -2.07. The van der Waals surface area contributed by atoms with E-state index in [1.54, 1.807) is 0 Å². The minimum atomic E-state index is 0.447. The monoisotopic (exact) mass is 282 g/mol. The van der Waals surface area contributed by atoms with E-state index in [2.05, 4.69) is 32.9 Å². The Hall–Kier alpha value is -0.300. The zero-order valence-corrected chi connectivity index (χ0v) is 14.3. The highest BCUT2D eigenvalue weighted by Crippen LogP contribution is 2.10. The summed E-state index contributed by atoms with van der Waals surface area (Å²) in [5.74, 6) is 0. The fourth-order valence-electron chi connectivity index (χ4n) is 2.52. The van der Waals surface area contributed by atoms with Crippen LogP contribution in [-0.2, 0) is 4.74 Å². The van der Waals surface area contributed by atoms with Crippen molar-refractivity contribution in [1.82, 2.24) is 0 Å². The fourth-order valence-corrected chi connectivity index (χ4v) is 2.52. The molecule has 120 valence electrons. The van der Waals surface area contributed by atoms with Crippen LogP contribution in [-0.4, -0.2) is 12.7 Å². The van der Waals surface area contributed by atoms with E-state index in [-0.39, 0.29) is 0 Å². The Morgan fingerprint density at radius 2 is 1.30 bits per heavy atom. The minimum Gasteiger partial charge on any atom is -0.379 e. The zero-order valence-electron chi connectivity index (χ0n) is 14.3. The van der Waals surface area contributed by atoms with Crippen LogP contribution in [0.3, 0.4) is 0 Å². The van der Waals surface area contributed by atoms with Crippen LogP contribution in [0.5, 0.6) is 0 Å². The van der Waals surface area contributed by atoms with Gasteiger partial charge in [0.05, 0.1) is 6.10 Å². The van der Waals surface area contributed by atoms with E-state index in [1.807, 2.05) is 0 Å². The lowest BCUT2D eigenvalue weighted by Gasteiger charge is -2.10. The van der Waals surface area contributed by atoms with Crippen molar-refractivity contribution in [2.45, 2.75) is 104 Å². The molecule has 0 bridgehead atoms. The van der Waals surface area contributed by atoms with Gasteiger partial charge in [-0.25, -0.2) is 0 Å². The van der Waals surface area contributed by atoms with Crippen molar-refractivity contribution in [3.8, 4) is 0 Å². The van der Waals surface area contributed by atoms with Gasteiger partial charge in [0.15, 0.2) is 0 Å². The summed E-state index contributed by atoms with van der Waals surface area (Å²) in [7, 11) is 0. The molecule has 1 heteroatoms. The molecule has 0 heterocycles. The molecule has 1 atom stereocenters. The van der Waals surface area contributed by atoms with E-state index >= 15 is 0 Å².